The highest BCUT2D eigenvalue weighted by molar-refractivity contribution is 7.07. The van der Waals surface area contributed by atoms with Crippen LogP contribution in [0.15, 0.2) is 93.9 Å². The van der Waals surface area contributed by atoms with Crippen LogP contribution >= 0.6 is 34.5 Å². The number of anilines is 1. The first kappa shape index (κ1) is 29.1. The molecular formula is C33H28Cl2N4O3S. The van der Waals surface area contributed by atoms with Crippen LogP contribution in [-0.2, 0) is 16.1 Å². The van der Waals surface area contributed by atoms with Crippen molar-refractivity contribution >= 4 is 57.6 Å². The molecule has 0 radical (unpaired) electrons. The SMILES string of the molecule is CCN(CC)C(=O)C1=C(C)N=c2s/c(=C3\C(=O)N(Cc4ccc(Cl)cc4)c4ccccc43)c(=O)n2[C@@H]1c1ccc(Cl)cc1. The molecule has 2 aliphatic heterocycles. The molecule has 0 N–H and O–H groups in total. The number of hydrogen-bond donors (Lipinski definition) is 0. The summed E-state index contributed by atoms with van der Waals surface area (Å²) in [5.41, 5.74) is 3.99. The van der Waals surface area contributed by atoms with Crippen molar-refractivity contribution in [2.24, 2.45) is 4.99 Å². The summed E-state index contributed by atoms with van der Waals surface area (Å²) < 4.78 is 1.84. The number of halogens is 2. The third kappa shape index (κ3) is 5.03. The van der Waals surface area contributed by atoms with Gasteiger partial charge in [0.2, 0.25) is 0 Å². The van der Waals surface area contributed by atoms with E-state index in [9.17, 15) is 14.4 Å². The summed E-state index contributed by atoms with van der Waals surface area (Å²) in [5.74, 6) is -0.444. The molecule has 0 spiro atoms. The van der Waals surface area contributed by atoms with E-state index in [0.29, 0.717) is 56.9 Å². The number of hydrogen-bond acceptors (Lipinski definition) is 5. The van der Waals surface area contributed by atoms with Gasteiger partial charge in [0.05, 0.1) is 35.1 Å². The number of amides is 2. The van der Waals surface area contributed by atoms with Crippen molar-refractivity contribution in [3.63, 3.8) is 0 Å². The second-order valence-electron chi connectivity index (χ2n) is 10.3. The Morgan fingerprint density at radius 1 is 0.930 bits per heavy atom. The van der Waals surface area contributed by atoms with Crippen molar-refractivity contribution in [3.05, 3.63) is 130 Å². The number of nitrogens with zero attached hydrogens (tertiary/aromatic N) is 4. The summed E-state index contributed by atoms with van der Waals surface area (Å²) in [5, 5.41) is 1.16. The highest BCUT2D eigenvalue weighted by Crippen LogP contribution is 2.37. The van der Waals surface area contributed by atoms with Gasteiger partial charge in [-0.2, -0.15) is 0 Å². The molecule has 3 aromatic carbocycles. The number of likely N-dealkylation sites (N-methyl/N-ethyl adjacent to an activating group) is 1. The average molecular weight is 632 g/mol. The zero-order valence-corrected chi connectivity index (χ0v) is 26.1. The third-order valence-corrected chi connectivity index (χ3v) is 9.43. The van der Waals surface area contributed by atoms with Gasteiger partial charge >= 0.3 is 0 Å². The molecule has 0 bridgehead atoms. The smallest absolute Gasteiger partial charge is 0.271 e. The highest BCUT2D eigenvalue weighted by atomic mass is 35.5. The molecule has 0 saturated heterocycles. The monoisotopic (exact) mass is 630 g/mol. The van der Waals surface area contributed by atoms with Gasteiger partial charge in [-0.15, -0.1) is 0 Å². The topological polar surface area (TPSA) is 75.0 Å². The minimum Gasteiger partial charge on any atom is -0.339 e. The lowest BCUT2D eigenvalue weighted by molar-refractivity contribution is -0.127. The summed E-state index contributed by atoms with van der Waals surface area (Å²) >= 11 is 13.5. The van der Waals surface area contributed by atoms with Crippen molar-refractivity contribution in [2.45, 2.75) is 33.4 Å². The van der Waals surface area contributed by atoms with E-state index < -0.39 is 6.04 Å². The molecule has 4 aromatic rings. The minimum absolute atomic E-state index is 0.180. The number of rotatable bonds is 6. The molecule has 1 aromatic heterocycles. The van der Waals surface area contributed by atoms with E-state index in [2.05, 4.69) is 0 Å². The third-order valence-electron chi connectivity index (χ3n) is 7.87. The molecule has 0 aliphatic carbocycles. The van der Waals surface area contributed by atoms with Crippen LogP contribution < -0.4 is 19.8 Å². The van der Waals surface area contributed by atoms with Crippen molar-refractivity contribution < 1.29 is 9.59 Å². The van der Waals surface area contributed by atoms with Crippen molar-refractivity contribution in [3.8, 4) is 0 Å². The second-order valence-corrected chi connectivity index (χ2v) is 12.2. The Balaban J connectivity index is 1.57. The van der Waals surface area contributed by atoms with E-state index >= 15 is 0 Å². The predicted octanol–water partition coefficient (Wildman–Crippen LogP) is 5.33. The maximum atomic E-state index is 14.4. The maximum absolute atomic E-state index is 14.4. The summed E-state index contributed by atoms with van der Waals surface area (Å²) in [4.78, 5) is 51.0. The Morgan fingerprint density at radius 3 is 2.21 bits per heavy atom. The lowest BCUT2D eigenvalue weighted by Crippen LogP contribution is -2.43. The Bertz CT molecular complexity index is 1970. The average Bonchev–Trinajstić information content (AvgIpc) is 3.46. The molecule has 6 rings (SSSR count). The highest BCUT2D eigenvalue weighted by Gasteiger charge is 2.37. The van der Waals surface area contributed by atoms with E-state index in [0.717, 1.165) is 16.8 Å². The van der Waals surface area contributed by atoms with Crippen molar-refractivity contribution in [1.29, 1.82) is 0 Å². The zero-order chi connectivity index (χ0) is 30.4. The van der Waals surface area contributed by atoms with Crippen LogP contribution in [0.3, 0.4) is 0 Å². The lowest BCUT2D eigenvalue weighted by atomic mass is 9.94. The van der Waals surface area contributed by atoms with Crippen molar-refractivity contribution in [2.75, 3.05) is 18.0 Å². The van der Waals surface area contributed by atoms with Gasteiger partial charge in [-0.3, -0.25) is 19.0 Å². The summed E-state index contributed by atoms with van der Waals surface area (Å²) in [7, 11) is 0. The fraction of sp³-hybridized carbons (Fsp3) is 0.212. The molecule has 2 amide bonds. The second kappa shape index (κ2) is 11.6. The molecule has 0 fully saturated rings. The molecule has 0 saturated carbocycles. The normalized spacial score (nSPS) is 17.1. The Labute approximate surface area is 262 Å². The molecule has 0 unspecified atom stereocenters. The number of benzene rings is 3. The number of carbonyl (C=O) groups excluding carboxylic acids is 2. The number of carbonyl (C=O) groups is 2. The molecule has 3 heterocycles. The van der Waals surface area contributed by atoms with Crippen LogP contribution in [0.25, 0.3) is 5.57 Å². The Hall–Kier alpha value is -3.98. The molecule has 7 nitrogen and oxygen atoms in total. The molecule has 2 aliphatic rings. The minimum atomic E-state index is -0.729. The first-order chi connectivity index (χ1) is 20.7. The predicted molar refractivity (Wildman–Crippen MR) is 171 cm³/mol. The van der Waals surface area contributed by atoms with Crippen molar-refractivity contribution in [1.82, 2.24) is 9.47 Å². The molecule has 218 valence electrons. The number of thiazole rings is 1. The number of allylic oxidation sites excluding steroid dienone is 1. The van der Waals surface area contributed by atoms with Crippen LogP contribution in [0.4, 0.5) is 5.69 Å². The van der Waals surface area contributed by atoms with Crippen LogP contribution in [0, 0.1) is 0 Å². The number of fused-ring (bicyclic) bond motifs is 2. The Kier molecular flexibility index (Phi) is 7.85. The van der Waals surface area contributed by atoms with Gasteiger partial charge < -0.3 is 9.80 Å². The first-order valence-corrected chi connectivity index (χ1v) is 15.6. The molecule has 43 heavy (non-hydrogen) atoms. The fourth-order valence-electron chi connectivity index (χ4n) is 5.72. The number of aromatic nitrogens is 1. The molecule has 1 atom stereocenters. The van der Waals surface area contributed by atoms with Gasteiger partial charge in [-0.05, 0) is 62.2 Å². The van der Waals surface area contributed by atoms with Gasteiger partial charge in [0.15, 0.2) is 4.80 Å². The maximum Gasteiger partial charge on any atom is 0.271 e. The van der Waals surface area contributed by atoms with Crippen LogP contribution in [0.5, 0.6) is 0 Å². The van der Waals surface area contributed by atoms with Gasteiger partial charge in [0.25, 0.3) is 17.4 Å². The van der Waals surface area contributed by atoms with E-state index in [1.165, 1.54) is 11.3 Å². The summed E-state index contributed by atoms with van der Waals surface area (Å²) in [6.45, 7) is 6.99. The van der Waals surface area contributed by atoms with Crippen LogP contribution in [0.2, 0.25) is 10.0 Å². The lowest BCUT2D eigenvalue weighted by Gasteiger charge is -2.29. The molecule has 10 heteroatoms. The quantitative estimate of drug-likeness (QED) is 0.289. The number of para-hydroxylation sites is 1. The largest absolute Gasteiger partial charge is 0.339 e. The van der Waals surface area contributed by atoms with Crippen LogP contribution in [0.1, 0.15) is 43.5 Å². The van der Waals surface area contributed by atoms with Crippen LogP contribution in [-0.4, -0.2) is 34.4 Å². The van der Waals surface area contributed by atoms with Gasteiger partial charge in [-0.25, -0.2) is 4.99 Å². The summed E-state index contributed by atoms with van der Waals surface area (Å²) in [6.07, 6.45) is 0. The van der Waals surface area contributed by atoms with Gasteiger partial charge in [0.1, 0.15) is 4.53 Å². The van der Waals surface area contributed by atoms with E-state index in [1.807, 2.05) is 62.4 Å². The van der Waals surface area contributed by atoms with Gasteiger partial charge in [-0.1, -0.05) is 77.0 Å². The molecular weight excluding hydrogens is 603 g/mol. The van der Waals surface area contributed by atoms with E-state index in [4.69, 9.17) is 28.2 Å². The summed E-state index contributed by atoms with van der Waals surface area (Å²) in [6, 6.07) is 21.2. The zero-order valence-electron chi connectivity index (χ0n) is 23.8. The van der Waals surface area contributed by atoms with Gasteiger partial charge in [0, 0.05) is 28.7 Å². The standard InChI is InChI=1S/C33H28Cl2N4O3S/c1-4-37(5-2)30(40)26-19(3)36-33-39(28(26)21-12-16-23(35)17-13-21)32(42)29(43-33)27-24-8-6-7-9-25(24)38(31(27)41)18-20-10-14-22(34)15-11-20/h6-17,28H,4-5,18H2,1-3H3/b29-27-/t28-/m1/s1. The fourth-order valence-corrected chi connectivity index (χ4v) is 7.10. The van der Waals surface area contributed by atoms with E-state index in [1.54, 1.807) is 45.6 Å². The Morgan fingerprint density at radius 2 is 1.56 bits per heavy atom. The van der Waals surface area contributed by atoms with E-state index in [-0.39, 0.29) is 21.9 Å². The first-order valence-electron chi connectivity index (χ1n) is 14.0.